The van der Waals surface area contributed by atoms with Gasteiger partial charge in [-0.1, -0.05) is 30.3 Å². The molecule has 1 aromatic rings. The van der Waals surface area contributed by atoms with Crippen molar-refractivity contribution in [1.82, 2.24) is 15.5 Å². The Kier molecular flexibility index (Phi) is 12.9. The molecule has 0 atom stereocenters. The number of ether oxygens (including phenoxy) is 1. The highest BCUT2D eigenvalue weighted by Gasteiger charge is 2.22. The smallest absolute Gasteiger partial charge is 0.244 e. The molecular formula is C21H35IN4O2. The molecule has 1 fully saturated rings. The first kappa shape index (κ1) is 24.7. The van der Waals surface area contributed by atoms with Gasteiger partial charge in [-0.05, 0) is 44.6 Å². The monoisotopic (exact) mass is 502 g/mol. The summed E-state index contributed by atoms with van der Waals surface area (Å²) >= 11 is 0. The number of rotatable bonds is 9. The Morgan fingerprint density at radius 2 is 1.89 bits per heavy atom. The molecule has 0 bridgehead atoms. The highest BCUT2D eigenvalue weighted by atomic mass is 127. The number of guanidine groups is 1. The average Bonchev–Trinajstić information content (AvgIpc) is 2.70. The lowest BCUT2D eigenvalue weighted by Gasteiger charge is -2.32. The number of piperidine rings is 1. The van der Waals surface area contributed by atoms with E-state index in [1.807, 2.05) is 18.7 Å². The van der Waals surface area contributed by atoms with Crippen molar-refractivity contribution in [1.29, 1.82) is 0 Å². The second-order valence-corrected chi connectivity index (χ2v) is 6.83. The topological polar surface area (TPSA) is 66.0 Å². The van der Waals surface area contributed by atoms with Crippen LogP contribution in [0.15, 0.2) is 35.3 Å². The maximum atomic E-state index is 12.5. The number of halogens is 1. The first-order valence-corrected chi connectivity index (χ1v) is 10.1. The third kappa shape index (κ3) is 9.23. The fraction of sp³-hybridized carbons (Fsp3) is 0.619. The minimum atomic E-state index is 0. The number of likely N-dealkylation sites (tertiary alicyclic amines) is 1. The molecule has 0 spiro atoms. The molecule has 1 amide bonds. The molecule has 1 aliphatic heterocycles. The van der Waals surface area contributed by atoms with Gasteiger partial charge >= 0.3 is 0 Å². The van der Waals surface area contributed by atoms with E-state index in [0.29, 0.717) is 31.6 Å². The van der Waals surface area contributed by atoms with Crippen LogP contribution >= 0.6 is 24.0 Å². The SMILES string of the molecule is CCNC(=NCC(=O)N1CCC(Cc2ccccc2)CC1)NCCOCC.I. The predicted molar refractivity (Wildman–Crippen MR) is 125 cm³/mol. The van der Waals surface area contributed by atoms with Crippen LogP contribution in [0.5, 0.6) is 0 Å². The van der Waals surface area contributed by atoms with Crippen molar-refractivity contribution < 1.29 is 9.53 Å². The first-order valence-electron chi connectivity index (χ1n) is 10.1. The van der Waals surface area contributed by atoms with E-state index in [-0.39, 0.29) is 36.4 Å². The number of amides is 1. The fourth-order valence-corrected chi connectivity index (χ4v) is 3.31. The molecular weight excluding hydrogens is 467 g/mol. The number of nitrogens with one attached hydrogen (secondary N) is 2. The van der Waals surface area contributed by atoms with Crippen molar-refractivity contribution >= 4 is 35.8 Å². The van der Waals surface area contributed by atoms with Gasteiger partial charge in [0.2, 0.25) is 5.91 Å². The van der Waals surface area contributed by atoms with Gasteiger partial charge in [-0.3, -0.25) is 4.79 Å². The highest BCUT2D eigenvalue weighted by Crippen LogP contribution is 2.21. The van der Waals surface area contributed by atoms with Gasteiger partial charge in [-0.15, -0.1) is 24.0 Å². The van der Waals surface area contributed by atoms with Crippen LogP contribution in [0.4, 0.5) is 0 Å². The molecule has 1 heterocycles. The van der Waals surface area contributed by atoms with Gasteiger partial charge in [0.15, 0.2) is 5.96 Å². The Morgan fingerprint density at radius 1 is 1.18 bits per heavy atom. The number of nitrogens with zero attached hydrogens (tertiary/aromatic N) is 2. The molecule has 0 aliphatic carbocycles. The second kappa shape index (κ2) is 14.6. The van der Waals surface area contributed by atoms with Crippen LogP contribution in [0.25, 0.3) is 0 Å². The molecule has 1 saturated heterocycles. The zero-order chi connectivity index (χ0) is 19.3. The van der Waals surface area contributed by atoms with E-state index in [1.165, 1.54) is 5.56 Å². The molecule has 1 aliphatic rings. The molecule has 0 radical (unpaired) electrons. The molecule has 28 heavy (non-hydrogen) atoms. The Labute approximate surface area is 186 Å². The number of benzene rings is 1. The standard InChI is InChI=1S/C21H34N4O2.HI/c1-3-22-21(23-12-15-27-4-2)24-17-20(26)25-13-10-19(11-14-25)16-18-8-6-5-7-9-18;/h5-9,19H,3-4,10-17H2,1-2H3,(H2,22,23,24);1H. The highest BCUT2D eigenvalue weighted by molar-refractivity contribution is 14.0. The van der Waals surface area contributed by atoms with Crippen molar-refractivity contribution in [3.8, 4) is 0 Å². The van der Waals surface area contributed by atoms with Crippen molar-refractivity contribution in [3.63, 3.8) is 0 Å². The predicted octanol–water partition coefficient (Wildman–Crippen LogP) is 2.68. The van der Waals surface area contributed by atoms with Crippen molar-refractivity contribution in [3.05, 3.63) is 35.9 Å². The van der Waals surface area contributed by atoms with Gasteiger partial charge in [0.1, 0.15) is 6.54 Å². The van der Waals surface area contributed by atoms with Gasteiger partial charge < -0.3 is 20.3 Å². The van der Waals surface area contributed by atoms with Crippen LogP contribution in [0.3, 0.4) is 0 Å². The lowest BCUT2D eigenvalue weighted by molar-refractivity contribution is -0.130. The van der Waals surface area contributed by atoms with Crippen LogP contribution in [0, 0.1) is 5.92 Å². The van der Waals surface area contributed by atoms with E-state index >= 15 is 0 Å². The Hall–Kier alpha value is -1.35. The lowest BCUT2D eigenvalue weighted by Crippen LogP contribution is -2.42. The van der Waals surface area contributed by atoms with Crippen LogP contribution in [-0.4, -0.2) is 62.7 Å². The largest absolute Gasteiger partial charge is 0.380 e. The van der Waals surface area contributed by atoms with Crippen LogP contribution < -0.4 is 10.6 Å². The molecule has 7 heteroatoms. The summed E-state index contributed by atoms with van der Waals surface area (Å²) in [6, 6.07) is 10.6. The maximum Gasteiger partial charge on any atom is 0.244 e. The van der Waals surface area contributed by atoms with Crippen LogP contribution in [0.1, 0.15) is 32.3 Å². The van der Waals surface area contributed by atoms with E-state index < -0.39 is 0 Å². The summed E-state index contributed by atoms with van der Waals surface area (Å²) in [6.45, 7) is 8.61. The minimum Gasteiger partial charge on any atom is -0.380 e. The minimum absolute atomic E-state index is 0. The summed E-state index contributed by atoms with van der Waals surface area (Å²) in [4.78, 5) is 18.9. The quantitative estimate of drug-likeness (QED) is 0.236. The first-order chi connectivity index (χ1) is 13.2. The van der Waals surface area contributed by atoms with Crippen molar-refractivity contribution in [2.75, 3.05) is 45.9 Å². The average molecular weight is 502 g/mol. The van der Waals surface area contributed by atoms with Gasteiger partial charge in [0, 0.05) is 32.8 Å². The van der Waals surface area contributed by atoms with Gasteiger partial charge in [0.05, 0.1) is 6.61 Å². The molecule has 2 N–H and O–H groups in total. The number of carbonyl (C=O) groups excluding carboxylic acids is 1. The number of aliphatic imine (C=N–C) groups is 1. The normalized spacial score (nSPS) is 15.1. The third-order valence-corrected chi connectivity index (χ3v) is 4.79. The van der Waals surface area contributed by atoms with Crippen LogP contribution in [0.2, 0.25) is 0 Å². The second-order valence-electron chi connectivity index (χ2n) is 6.83. The van der Waals surface area contributed by atoms with Crippen LogP contribution in [-0.2, 0) is 16.0 Å². The molecule has 0 unspecified atom stereocenters. The van der Waals surface area contributed by atoms with Gasteiger partial charge in [-0.25, -0.2) is 4.99 Å². The Bertz CT molecular complexity index is 575. The summed E-state index contributed by atoms with van der Waals surface area (Å²) in [6.07, 6.45) is 3.24. The third-order valence-electron chi connectivity index (χ3n) is 4.79. The Balaban J connectivity index is 0.00000392. The van der Waals surface area contributed by atoms with Gasteiger partial charge in [0.25, 0.3) is 0 Å². The summed E-state index contributed by atoms with van der Waals surface area (Å²) in [5.41, 5.74) is 1.39. The summed E-state index contributed by atoms with van der Waals surface area (Å²) in [7, 11) is 0. The zero-order valence-corrected chi connectivity index (χ0v) is 19.5. The van der Waals surface area contributed by atoms with E-state index in [0.717, 1.165) is 38.9 Å². The molecule has 2 rings (SSSR count). The Morgan fingerprint density at radius 3 is 2.54 bits per heavy atom. The summed E-state index contributed by atoms with van der Waals surface area (Å²) < 4.78 is 5.31. The molecule has 0 saturated carbocycles. The molecule has 0 aromatic heterocycles. The van der Waals surface area contributed by atoms with Gasteiger partial charge in [-0.2, -0.15) is 0 Å². The van der Waals surface area contributed by atoms with E-state index in [1.54, 1.807) is 0 Å². The van der Waals surface area contributed by atoms with E-state index in [4.69, 9.17) is 4.74 Å². The molecule has 6 nitrogen and oxygen atoms in total. The molecule has 158 valence electrons. The molecule has 1 aromatic carbocycles. The van der Waals surface area contributed by atoms with Crippen molar-refractivity contribution in [2.24, 2.45) is 10.9 Å². The lowest BCUT2D eigenvalue weighted by atomic mass is 9.90. The van der Waals surface area contributed by atoms with E-state index in [9.17, 15) is 4.79 Å². The number of hydrogen-bond donors (Lipinski definition) is 2. The van der Waals surface area contributed by atoms with Crippen molar-refractivity contribution in [2.45, 2.75) is 33.1 Å². The number of carbonyl (C=O) groups is 1. The van der Waals surface area contributed by atoms with E-state index in [2.05, 4.69) is 46.0 Å². The zero-order valence-electron chi connectivity index (χ0n) is 17.2. The summed E-state index contributed by atoms with van der Waals surface area (Å²) in [5.74, 6) is 1.44. The fourth-order valence-electron chi connectivity index (χ4n) is 3.31. The summed E-state index contributed by atoms with van der Waals surface area (Å²) in [5, 5.41) is 6.36. The number of hydrogen-bond acceptors (Lipinski definition) is 3. The maximum absolute atomic E-state index is 12.5.